The van der Waals surface area contributed by atoms with E-state index in [1.165, 1.54) is 11.3 Å². The molecule has 3 aromatic heterocycles. The first-order valence-electron chi connectivity index (χ1n) is 11.9. The van der Waals surface area contributed by atoms with E-state index in [4.69, 9.17) is 4.74 Å². The van der Waals surface area contributed by atoms with E-state index in [1.54, 1.807) is 42.7 Å². The van der Waals surface area contributed by atoms with Gasteiger partial charge >= 0.3 is 6.03 Å². The van der Waals surface area contributed by atoms with Gasteiger partial charge in [0.05, 0.1) is 11.1 Å². The van der Waals surface area contributed by atoms with Gasteiger partial charge in [-0.15, -0.1) is 11.3 Å². The molecule has 4 heterocycles. The molecule has 36 heavy (non-hydrogen) atoms. The average molecular weight is 506 g/mol. The number of aromatic amines is 1. The van der Waals surface area contributed by atoms with Crippen molar-refractivity contribution in [2.24, 2.45) is 0 Å². The number of H-pyrrole nitrogens is 1. The van der Waals surface area contributed by atoms with Crippen molar-refractivity contribution >= 4 is 39.4 Å². The van der Waals surface area contributed by atoms with Crippen molar-refractivity contribution in [3.05, 3.63) is 58.9 Å². The van der Waals surface area contributed by atoms with E-state index in [9.17, 15) is 9.59 Å². The number of urea groups is 1. The van der Waals surface area contributed by atoms with Gasteiger partial charge in [0, 0.05) is 48.4 Å². The highest BCUT2D eigenvalue weighted by Gasteiger charge is 2.29. The van der Waals surface area contributed by atoms with Crippen molar-refractivity contribution in [3.63, 3.8) is 0 Å². The Morgan fingerprint density at radius 2 is 2.06 bits per heavy atom. The van der Waals surface area contributed by atoms with E-state index in [1.807, 2.05) is 18.7 Å². The minimum Gasteiger partial charge on any atom is -0.456 e. The zero-order chi connectivity index (χ0) is 25.1. The van der Waals surface area contributed by atoms with Gasteiger partial charge in [-0.1, -0.05) is 0 Å². The Morgan fingerprint density at radius 1 is 1.22 bits per heavy atom. The number of carbonyl (C=O) groups excluding carboxylic acids is 2. The molecule has 186 valence electrons. The van der Waals surface area contributed by atoms with Crippen LogP contribution in [-0.2, 0) is 0 Å². The number of thiazole rings is 1. The molecule has 1 fully saturated rings. The van der Waals surface area contributed by atoms with Gasteiger partial charge in [-0.2, -0.15) is 5.10 Å². The smallest absolute Gasteiger partial charge is 0.317 e. The Kier molecular flexibility index (Phi) is 6.81. The fourth-order valence-corrected chi connectivity index (χ4v) is 5.02. The number of carbonyl (C=O) groups is 2. The maximum absolute atomic E-state index is 12.5. The van der Waals surface area contributed by atoms with Crippen molar-refractivity contribution in [2.45, 2.75) is 32.6 Å². The first-order chi connectivity index (χ1) is 17.5. The van der Waals surface area contributed by atoms with Crippen LogP contribution in [0.4, 0.5) is 9.93 Å². The number of rotatable bonds is 6. The van der Waals surface area contributed by atoms with Gasteiger partial charge in [0.1, 0.15) is 11.5 Å². The largest absolute Gasteiger partial charge is 0.456 e. The molecule has 11 heteroatoms. The maximum Gasteiger partial charge on any atom is 0.317 e. The number of pyridine rings is 1. The Morgan fingerprint density at radius 3 is 2.81 bits per heavy atom. The molecule has 10 nitrogen and oxygen atoms in total. The number of aryl methyl sites for hydroxylation is 1. The number of nitrogens with zero attached hydrogens (tertiary/aromatic N) is 4. The fourth-order valence-electron chi connectivity index (χ4n) is 4.36. The third-order valence-corrected chi connectivity index (χ3v) is 6.89. The summed E-state index contributed by atoms with van der Waals surface area (Å²) >= 11 is 1.43. The summed E-state index contributed by atoms with van der Waals surface area (Å²) in [6, 6.07) is 8.69. The second-order valence-electron chi connectivity index (χ2n) is 8.62. The topological polar surface area (TPSA) is 125 Å². The molecule has 1 aliphatic heterocycles. The summed E-state index contributed by atoms with van der Waals surface area (Å²) in [6.45, 7) is 5.76. The number of benzene rings is 1. The number of nitrogens with one attached hydrogen (secondary N) is 3. The highest BCUT2D eigenvalue weighted by molar-refractivity contribution is 7.15. The molecular weight excluding hydrogens is 478 g/mol. The van der Waals surface area contributed by atoms with Crippen molar-refractivity contribution in [3.8, 4) is 11.5 Å². The Balaban J connectivity index is 1.34. The normalized spacial score (nSPS) is 15.6. The van der Waals surface area contributed by atoms with Gasteiger partial charge in [0.25, 0.3) is 5.91 Å². The second-order valence-corrected chi connectivity index (χ2v) is 9.85. The summed E-state index contributed by atoms with van der Waals surface area (Å²) in [5, 5.41) is 14.6. The van der Waals surface area contributed by atoms with Crippen LogP contribution in [0.1, 0.15) is 46.6 Å². The molecular formula is C25H27N7O3S. The third kappa shape index (κ3) is 5.01. The minimum atomic E-state index is -0.228. The Hall–Kier alpha value is -3.99. The maximum atomic E-state index is 12.5. The molecule has 3 amide bonds. The lowest BCUT2D eigenvalue weighted by atomic mass is 9.93. The number of anilines is 1. The number of ether oxygens (including phenoxy) is 1. The summed E-state index contributed by atoms with van der Waals surface area (Å²) in [6.07, 6.45) is 5.21. The molecule has 1 saturated heterocycles. The van der Waals surface area contributed by atoms with Gasteiger partial charge in [0.15, 0.2) is 10.8 Å². The van der Waals surface area contributed by atoms with E-state index in [2.05, 4.69) is 30.8 Å². The van der Waals surface area contributed by atoms with Gasteiger partial charge in [0.2, 0.25) is 0 Å². The predicted octanol–water partition coefficient (Wildman–Crippen LogP) is 4.68. The van der Waals surface area contributed by atoms with Crippen LogP contribution in [0.3, 0.4) is 0 Å². The quantitative estimate of drug-likeness (QED) is 0.350. The molecule has 1 aromatic carbocycles. The predicted molar refractivity (Wildman–Crippen MR) is 138 cm³/mol. The lowest BCUT2D eigenvalue weighted by molar-refractivity contribution is 0.102. The van der Waals surface area contributed by atoms with Crippen molar-refractivity contribution in [1.29, 1.82) is 0 Å². The second kappa shape index (κ2) is 10.3. The van der Waals surface area contributed by atoms with Gasteiger partial charge in [-0.25, -0.2) is 14.8 Å². The number of piperidine rings is 1. The zero-order valence-corrected chi connectivity index (χ0v) is 20.9. The highest BCUT2D eigenvalue weighted by Crippen LogP contribution is 2.36. The van der Waals surface area contributed by atoms with E-state index in [0.717, 1.165) is 35.3 Å². The monoisotopic (exact) mass is 505 g/mol. The average Bonchev–Trinajstić information content (AvgIpc) is 3.51. The molecule has 1 atom stereocenters. The van der Waals surface area contributed by atoms with Gasteiger partial charge < -0.3 is 15.0 Å². The van der Waals surface area contributed by atoms with Gasteiger partial charge in [-0.05, 0) is 57.0 Å². The minimum absolute atomic E-state index is 0.0502. The summed E-state index contributed by atoms with van der Waals surface area (Å²) in [5.41, 5.74) is 1.98. The summed E-state index contributed by atoms with van der Waals surface area (Å²) in [7, 11) is 0. The number of fused-ring (bicyclic) bond motifs is 1. The zero-order valence-electron chi connectivity index (χ0n) is 20.1. The Bertz CT molecular complexity index is 1380. The van der Waals surface area contributed by atoms with E-state index in [0.29, 0.717) is 40.9 Å². The van der Waals surface area contributed by atoms with Crippen molar-refractivity contribution in [1.82, 2.24) is 30.4 Å². The van der Waals surface area contributed by atoms with Crippen LogP contribution in [0.15, 0.2) is 42.7 Å². The lowest BCUT2D eigenvalue weighted by Gasteiger charge is -2.32. The number of aromatic nitrogens is 4. The summed E-state index contributed by atoms with van der Waals surface area (Å²) in [5.74, 6) is 1.05. The van der Waals surface area contributed by atoms with Crippen LogP contribution >= 0.6 is 11.3 Å². The van der Waals surface area contributed by atoms with E-state index >= 15 is 0 Å². The highest BCUT2D eigenvalue weighted by atomic mass is 32.1. The van der Waals surface area contributed by atoms with Crippen LogP contribution in [0.25, 0.3) is 11.0 Å². The molecule has 0 saturated carbocycles. The first kappa shape index (κ1) is 23.7. The van der Waals surface area contributed by atoms with Crippen LogP contribution in [-0.4, -0.2) is 56.6 Å². The van der Waals surface area contributed by atoms with Crippen LogP contribution in [0.2, 0.25) is 0 Å². The van der Waals surface area contributed by atoms with Crippen molar-refractivity contribution in [2.75, 3.05) is 25.0 Å². The number of hydrogen-bond donors (Lipinski definition) is 3. The van der Waals surface area contributed by atoms with Crippen LogP contribution in [0.5, 0.6) is 11.5 Å². The third-order valence-electron chi connectivity index (χ3n) is 6.06. The number of hydrogen-bond acceptors (Lipinski definition) is 7. The molecule has 1 unspecified atom stereocenters. The van der Waals surface area contributed by atoms with E-state index in [-0.39, 0.29) is 17.9 Å². The molecule has 1 aliphatic rings. The molecule has 0 spiro atoms. The molecule has 0 radical (unpaired) electrons. The SMILES string of the molecule is CCNC(=O)N1CCCC(c2n[nH]c3nccc(Oc4ccc(C(=O)Nc5ncc(C)s5)cc4)c23)C1. The number of amides is 3. The number of likely N-dealkylation sites (tertiary alicyclic amines) is 1. The Labute approximate surface area is 212 Å². The standard InChI is InChI=1S/C25H27N7O3S/c1-3-26-25(34)32-12-4-5-17(14-32)21-20-19(10-11-27-22(20)31-30-21)35-18-8-6-16(7-9-18)23(33)29-24-28-13-15(2)36-24/h6-11,13,17H,3-5,12,14H2,1-2H3,(H,26,34)(H,27,30,31)(H,28,29,33). The fraction of sp³-hybridized carbons (Fsp3) is 0.320. The summed E-state index contributed by atoms with van der Waals surface area (Å²) < 4.78 is 6.22. The molecule has 0 bridgehead atoms. The molecule has 4 aromatic rings. The molecule has 0 aliphatic carbocycles. The van der Waals surface area contributed by atoms with Crippen LogP contribution < -0.4 is 15.4 Å². The van der Waals surface area contributed by atoms with Gasteiger partial charge in [-0.3, -0.25) is 15.2 Å². The molecule has 5 rings (SSSR count). The molecule has 3 N–H and O–H groups in total. The van der Waals surface area contributed by atoms with E-state index < -0.39 is 0 Å². The van der Waals surface area contributed by atoms with Crippen LogP contribution in [0, 0.1) is 6.92 Å². The lowest BCUT2D eigenvalue weighted by Crippen LogP contribution is -2.44. The first-order valence-corrected chi connectivity index (χ1v) is 12.7. The summed E-state index contributed by atoms with van der Waals surface area (Å²) in [4.78, 5) is 36.4. The van der Waals surface area contributed by atoms with Crippen molar-refractivity contribution < 1.29 is 14.3 Å².